The molecule has 156 valence electrons. The molecule has 0 N–H and O–H groups in total. The van der Waals surface area contributed by atoms with Crippen LogP contribution >= 0.6 is 0 Å². The number of aromatic nitrogens is 1. The summed E-state index contributed by atoms with van der Waals surface area (Å²) >= 11 is -0.280. The van der Waals surface area contributed by atoms with Crippen molar-refractivity contribution in [1.29, 1.82) is 0 Å². The average molecular weight is 482 g/mol. The summed E-state index contributed by atoms with van der Waals surface area (Å²) in [6.07, 6.45) is 9.85. The molecular formula is C27H25Cl2NTi. The van der Waals surface area contributed by atoms with E-state index in [2.05, 4.69) is 79.1 Å². The average Bonchev–Trinajstić information content (AvgIpc) is 3.48. The number of aryl methyl sites for hydroxylation is 1. The number of halogens is 2. The Morgan fingerprint density at radius 1 is 0.935 bits per heavy atom. The van der Waals surface area contributed by atoms with E-state index >= 15 is 0 Å². The molecule has 1 heterocycles. The second-order valence-corrected chi connectivity index (χ2v) is 10.9. The molecule has 2 aromatic carbocycles. The third kappa shape index (κ3) is 3.51. The van der Waals surface area contributed by atoms with E-state index in [-0.39, 0.29) is 44.0 Å². The minimum absolute atomic E-state index is 0. The van der Waals surface area contributed by atoms with Crippen molar-refractivity contribution in [2.45, 2.75) is 43.8 Å². The first-order valence-electron chi connectivity index (χ1n) is 10.8. The van der Waals surface area contributed by atoms with Gasteiger partial charge in [-0.3, -0.25) is 0 Å². The Balaban J connectivity index is 0.00000116. The van der Waals surface area contributed by atoms with Crippen LogP contribution in [0, 0.1) is 0 Å². The molecule has 1 atom stereocenters. The molecule has 0 saturated heterocycles. The number of nitrogens with zero attached hydrogens (tertiary/aromatic N) is 1. The van der Waals surface area contributed by atoms with Crippen molar-refractivity contribution >= 4 is 22.7 Å². The first-order valence-corrected chi connectivity index (χ1v) is 12.5. The molecule has 3 aliphatic carbocycles. The fourth-order valence-corrected chi connectivity index (χ4v) is 8.17. The van der Waals surface area contributed by atoms with E-state index in [1.807, 2.05) is 0 Å². The van der Waals surface area contributed by atoms with Crippen molar-refractivity contribution < 1.29 is 44.0 Å². The normalized spacial score (nSPS) is 18.7. The second kappa shape index (κ2) is 8.79. The zero-order valence-electron chi connectivity index (χ0n) is 17.9. The number of fused-ring (bicyclic) bond motifs is 4. The summed E-state index contributed by atoms with van der Waals surface area (Å²) in [4.78, 5) is 0. The first-order chi connectivity index (χ1) is 14.2. The number of para-hydroxylation sites is 1. The van der Waals surface area contributed by atoms with Crippen molar-refractivity contribution in [2.75, 3.05) is 0 Å². The Morgan fingerprint density at radius 3 is 2.52 bits per heavy atom. The second-order valence-electron chi connectivity index (χ2n) is 8.60. The number of hydrogen-bond donors (Lipinski definition) is 0. The van der Waals surface area contributed by atoms with Crippen molar-refractivity contribution in [3.05, 3.63) is 92.0 Å². The SMILES string of the molecule is CC1=CC[C]([Ti+2][CH]2C(n3c4c(c5ccccc53)CCC4)=Cc3ccccc32)=C1C.[Cl-].[Cl-]. The summed E-state index contributed by atoms with van der Waals surface area (Å²) in [5, 5.41) is 1.48. The minimum Gasteiger partial charge on any atom is -1.00 e. The Hall–Kier alpha value is -1.51. The van der Waals surface area contributed by atoms with Gasteiger partial charge in [0.1, 0.15) is 0 Å². The van der Waals surface area contributed by atoms with E-state index in [4.69, 9.17) is 0 Å². The Morgan fingerprint density at radius 2 is 1.71 bits per heavy atom. The van der Waals surface area contributed by atoms with Crippen molar-refractivity contribution in [3.8, 4) is 0 Å². The summed E-state index contributed by atoms with van der Waals surface area (Å²) in [5.41, 5.74) is 12.2. The smallest absolute Gasteiger partial charge is 1.00 e. The molecule has 1 nitrogen and oxygen atoms in total. The standard InChI is InChI=1S/C20H16N.C7H9.2ClH.Ti/c1-2-7-15-13-16(12-14(15)6-1)21-19-10-4-3-8-17(19)18-9-5-11-20(18)21;1-6-4-3-5-7(6)2;;;/h1-4,6-8,10,12-13H,5,9,11H2;4H,3H2,1-2H3;2*1H;/q;;;;+2/p-2. The fourth-order valence-electron chi connectivity index (χ4n) is 5.42. The zero-order chi connectivity index (χ0) is 19.5. The van der Waals surface area contributed by atoms with Gasteiger partial charge in [-0.2, -0.15) is 0 Å². The molecule has 3 aliphatic rings. The molecule has 0 spiro atoms. The molecular weight excluding hydrogens is 457 g/mol. The van der Waals surface area contributed by atoms with Gasteiger partial charge in [-0.1, -0.05) is 0 Å². The molecule has 0 aliphatic heterocycles. The predicted molar refractivity (Wildman–Crippen MR) is 118 cm³/mol. The fraction of sp³-hybridized carbons (Fsp3) is 0.259. The van der Waals surface area contributed by atoms with Gasteiger partial charge in [0.05, 0.1) is 0 Å². The number of hydrogen-bond acceptors (Lipinski definition) is 0. The quantitative estimate of drug-likeness (QED) is 0.490. The van der Waals surface area contributed by atoms with Gasteiger partial charge >= 0.3 is 182 Å². The maximum absolute atomic E-state index is 2.66. The molecule has 3 aromatic rings. The summed E-state index contributed by atoms with van der Waals surface area (Å²) in [7, 11) is 0. The minimum atomic E-state index is -0.280. The third-order valence-electron chi connectivity index (χ3n) is 7.07. The van der Waals surface area contributed by atoms with E-state index in [9.17, 15) is 0 Å². The van der Waals surface area contributed by atoms with Gasteiger partial charge in [-0.15, -0.1) is 0 Å². The van der Waals surface area contributed by atoms with Gasteiger partial charge in [0, 0.05) is 0 Å². The zero-order valence-corrected chi connectivity index (χ0v) is 21.0. The van der Waals surface area contributed by atoms with Gasteiger partial charge in [-0.25, -0.2) is 0 Å². The number of rotatable bonds is 3. The summed E-state index contributed by atoms with van der Waals surface area (Å²) in [5.74, 6) is 0. The van der Waals surface area contributed by atoms with Crippen LogP contribution in [0.3, 0.4) is 0 Å². The molecule has 1 aromatic heterocycles. The van der Waals surface area contributed by atoms with Crippen LogP contribution in [0.5, 0.6) is 0 Å². The number of allylic oxidation sites excluding steroid dienone is 5. The van der Waals surface area contributed by atoms with Gasteiger partial charge in [0.15, 0.2) is 0 Å². The van der Waals surface area contributed by atoms with Crippen LogP contribution in [0.4, 0.5) is 0 Å². The van der Waals surface area contributed by atoms with Crippen LogP contribution < -0.4 is 24.8 Å². The molecule has 31 heavy (non-hydrogen) atoms. The molecule has 1 unspecified atom stereocenters. The topological polar surface area (TPSA) is 4.93 Å². The van der Waals surface area contributed by atoms with Crippen LogP contribution in [-0.4, -0.2) is 4.57 Å². The monoisotopic (exact) mass is 481 g/mol. The molecule has 0 bridgehead atoms. The van der Waals surface area contributed by atoms with Gasteiger partial charge in [-0.05, 0) is 0 Å². The Labute approximate surface area is 206 Å². The van der Waals surface area contributed by atoms with E-state index in [1.165, 1.54) is 53.4 Å². The van der Waals surface area contributed by atoms with Gasteiger partial charge in [0.2, 0.25) is 0 Å². The first kappa shape index (κ1) is 22.7. The van der Waals surface area contributed by atoms with Crippen LogP contribution in [0.2, 0.25) is 0 Å². The summed E-state index contributed by atoms with van der Waals surface area (Å²) in [6, 6.07) is 18.2. The molecule has 0 fully saturated rings. The summed E-state index contributed by atoms with van der Waals surface area (Å²) in [6.45, 7) is 4.62. The van der Waals surface area contributed by atoms with E-state index < -0.39 is 0 Å². The molecule has 0 radical (unpaired) electrons. The van der Waals surface area contributed by atoms with Crippen molar-refractivity contribution in [2.24, 2.45) is 0 Å². The van der Waals surface area contributed by atoms with E-state index in [0.717, 1.165) is 0 Å². The van der Waals surface area contributed by atoms with Crippen LogP contribution in [0.25, 0.3) is 22.7 Å². The van der Waals surface area contributed by atoms with E-state index in [0.29, 0.717) is 4.22 Å². The van der Waals surface area contributed by atoms with Crippen molar-refractivity contribution in [3.63, 3.8) is 0 Å². The largest absolute Gasteiger partial charge is 1.00 e. The van der Waals surface area contributed by atoms with E-state index in [1.54, 1.807) is 26.3 Å². The van der Waals surface area contributed by atoms with Gasteiger partial charge in [0.25, 0.3) is 0 Å². The predicted octanol–water partition coefficient (Wildman–Crippen LogP) is 0.897. The van der Waals surface area contributed by atoms with Crippen LogP contribution in [-0.2, 0) is 32.0 Å². The van der Waals surface area contributed by atoms with Crippen LogP contribution in [0.1, 0.15) is 53.3 Å². The van der Waals surface area contributed by atoms with Crippen molar-refractivity contribution in [1.82, 2.24) is 4.57 Å². The molecule has 0 amide bonds. The maximum atomic E-state index is 2.66. The maximum Gasteiger partial charge on any atom is -1.00 e. The Bertz CT molecular complexity index is 1260. The third-order valence-corrected chi connectivity index (χ3v) is 9.91. The molecule has 4 heteroatoms. The molecule has 6 rings (SSSR count). The Kier molecular flexibility index (Phi) is 6.43. The molecule has 0 saturated carbocycles. The number of benzene rings is 2. The van der Waals surface area contributed by atoms with Crippen LogP contribution in [0.15, 0.2) is 69.6 Å². The van der Waals surface area contributed by atoms with Gasteiger partial charge < -0.3 is 24.8 Å². The summed E-state index contributed by atoms with van der Waals surface area (Å²) < 4.78 is 4.97.